The molecule has 0 aliphatic heterocycles. The van der Waals surface area contributed by atoms with Crippen LogP contribution in [0, 0.1) is 0 Å². The lowest BCUT2D eigenvalue weighted by molar-refractivity contribution is -0.137. The predicted octanol–water partition coefficient (Wildman–Crippen LogP) is 1.68. The maximum atomic E-state index is 12.1. The molecule has 2 rings (SSSR count). The zero-order valence-electron chi connectivity index (χ0n) is 11.6. The highest BCUT2D eigenvalue weighted by atomic mass is 19.4. The number of fused-ring (bicyclic) bond motifs is 1. The maximum absolute atomic E-state index is 12.1. The highest BCUT2D eigenvalue weighted by molar-refractivity contribution is 5.80. The van der Waals surface area contributed by atoms with Crippen LogP contribution in [0.3, 0.4) is 0 Å². The standard InChI is InChI=1S/C12H17F3N6/c1-20(6-3-12(13,14)15)4-2-5-21-8-19-9-10(16)17-7-18-11(9)21/h7-8H,2-6H2,1H3,(H2,16,17,18). The Labute approximate surface area is 119 Å². The van der Waals surface area contributed by atoms with Gasteiger partial charge in [0.15, 0.2) is 11.5 Å². The van der Waals surface area contributed by atoms with Crippen LogP contribution in [0.2, 0.25) is 0 Å². The summed E-state index contributed by atoms with van der Waals surface area (Å²) in [5.41, 5.74) is 6.87. The number of nitrogens with two attached hydrogens (primary N) is 1. The van der Waals surface area contributed by atoms with E-state index in [4.69, 9.17) is 5.73 Å². The Morgan fingerprint density at radius 2 is 2.00 bits per heavy atom. The van der Waals surface area contributed by atoms with Crippen molar-refractivity contribution in [2.75, 3.05) is 25.9 Å². The molecule has 116 valence electrons. The van der Waals surface area contributed by atoms with E-state index >= 15 is 0 Å². The number of anilines is 1. The first-order valence-electron chi connectivity index (χ1n) is 6.53. The third-order valence-corrected chi connectivity index (χ3v) is 3.15. The molecule has 0 aliphatic carbocycles. The Morgan fingerprint density at radius 3 is 2.71 bits per heavy atom. The number of aryl methyl sites for hydroxylation is 1. The van der Waals surface area contributed by atoms with Crippen molar-refractivity contribution in [3.05, 3.63) is 12.7 Å². The summed E-state index contributed by atoms with van der Waals surface area (Å²) in [5.74, 6) is 0.320. The molecule has 9 heteroatoms. The molecule has 0 fully saturated rings. The Balaban J connectivity index is 1.84. The fraction of sp³-hybridized carbons (Fsp3) is 0.583. The van der Waals surface area contributed by atoms with Gasteiger partial charge in [0, 0.05) is 13.1 Å². The van der Waals surface area contributed by atoms with Crippen LogP contribution >= 0.6 is 0 Å². The van der Waals surface area contributed by atoms with E-state index in [9.17, 15) is 13.2 Å². The fourth-order valence-corrected chi connectivity index (χ4v) is 2.00. The lowest BCUT2D eigenvalue weighted by Gasteiger charge is -2.17. The van der Waals surface area contributed by atoms with Gasteiger partial charge in [-0.15, -0.1) is 0 Å². The molecule has 0 bridgehead atoms. The fourth-order valence-electron chi connectivity index (χ4n) is 2.00. The van der Waals surface area contributed by atoms with Crippen LogP contribution in [-0.2, 0) is 6.54 Å². The van der Waals surface area contributed by atoms with Crippen LogP contribution in [-0.4, -0.2) is 50.7 Å². The summed E-state index contributed by atoms with van der Waals surface area (Å²) in [4.78, 5) is 13.8. The minimum absolute atomic E-state index is 0.00327. The molecule has 0 aliphatic rings. The number of alkyl halides is 3. The van der Waals surface area contributed by atoms with Crippen LogP contribution in [0.4, 0.5) is 19.0 Å². The van der Waals surface area contributed by atoms with Crippen LogP contribution < -0.4 is 5.73 Å². The zero-order valence-corrected chi connectivity index (χ0v) is 11.6. The predicted molar refractivity (Wildman–Crippen MR) is 72.5 cm³/mol. The summed E-state index contributed by atoms with van der Waals surface area (Å²) in [6.45, 7) is 1.18. The van der Waals surface area contributed by atoms with Crippen LogP contribution in [0.1, 0.15) is 12.8 Å². The van der Waals surface area contributed by atoms with Crippen molar-refractivity contribution in [2.45, 2.75) is 25.6 Å². The van der Waals surface area contributed by atoms with Crippen molar-refractivity contribution in [1.82, 2.24) is 24.4 Å². The molecule has 0 saturated heterocycles. The normalized spacial score (nSPS) is 12.4. The molecule has 0 radical (unpaired) electrons. The van der Waals surface area contributed by atoms with Gasteiger partial charge in [-0.25, -0.2) is 15.0 Å². The van der Waals surface area contributed by atoms with Gasteiger partial charge in [0.05, 0.1) is 12.7 Å². The number of hydrogen-bond acceptors (Lipinski definition) is 5. The summed E-state index contributed by atoms with van der Waals surface area (Å²) >= 11 is 0. The molecule has 2 aromatic heterocycles. The summed E-state index contributed by atoms with van der Waals surface area (Å²) in [6, 6.07) is 0. The van der Waals surface area contributed by atoms with E-state index in [1.165, 1.54) is 6.33 Å². The van der Waals surface area contributed by atoms with E-state index in [-0.39, 0.29) is 6.54 Å². The molecule has 6 nitrogen and oxygen atoms in total. The average molecular weight is 302 g/mol. The molecule has 2 N–H and O–H groups in total. The van der Waals surface area contributed by atoms with Gasteiger partial charge in [0.2, 0.25) is 0 Å². The van der Waals surface area contributed by atoms with E-state index in [2.05, 4.69) is 15.0 Å². The molecule has 2 heterocycles. The van der Waals surface area contributed by atoms with E-state index in [1.54, 1.807) is 18.3 Å². The summed E-state index contributed by atoms with van der Waals surface area (Å²) < 4.78 is 38.2. The van der Waals surface area contributed by atoms with Gasteiger partial charge in [0.25, 0.3) is 0 Å². The summed E-state index contributed by atoms with van der Waals surface area (Å²) in [7, 11) is 1.68. The zero-order chi connectivity index (χ0) is 15.5. The first kappa shape index (κ1) is 15.5. The quantitative estimate of drug-likeness (QED) is 0.879. The van der Waals surface area contributed by atoms with Gasteiger partial charge in [0.1, 0.15) is 11.8 Å². The Kier molecular flexibility index (Phi) is 4.61. The lowest BCUT2D eigenvalue weighted by atomic mass is 10.3. The summed E-state index contributed by atoms with van der Waals surface area (Å²) in [6.07, 6.45) is -1.22. The second kappa shape index (κ2) is 6.25. The van der Waals surface area contributed by atoms with Crippen molar-refractivity contribution >= 4 is 17.0 Å². The molecule has 0 spiro atoms. The van der Waals surface area contributed by atoms with Gasteiger partial charge >= 0.3 is 6.18 Å². The maximum Gasteiger partial charge on any atom is 0.390 e. The monoisotopic (exact) mass is 302 g/mol. The number of nitrogens with zero attached hydrogens (tertiary/aromatic N) is 5. The molecular formula is C12H17F3N6. The van der Waals surface area contributed by atoms with Crippen molar-refractivity contribution < 1.29 is 13.2 Å². The molecule has 0 unspecified atom stereocenters. The van der Waals surface area contributed by atoms with Crippen LogP contribution in [0.25, 0.3) is 11.2 Å². The highest BCUT2D eigenvalue weighted by Gasteiger charge is 2.26. The van der Waals surface area contributed by atoms with Crippen LogP contribution in [0.5, 0.6) is 0 Å². The third-order valence-electron chi connectivity index (χ3n) is 3.15. The van der Waals surface area contributed by atoms with Gasteiger partial charge in [-0.2, -0.15) is 13.2 Å². The van der Waals surface area contributed by atoms with Gasteiger partial charge in [-0.05, 0) is 20.0 Å². The van der Waals surface area contributed by atoms with Gasteiger partial charge < -0.3 is 15.2 Å². The lowest BCUT2D eigenvalue weighted by Crippen LogP contribution is -2.26. The number of imidazole rings is 1. The second-order valence-electron chi connectivity index (χ2n) is 4.89. The largest absolute Gasteiger partial charge is 0.390 e. The number of rotatable bonds is 6. The number of nitrogen functional groups attached to an aromatic ring is 1. The van der Waals surface area contributed by atoms with E-state index in [0.717, 1.165) is 0 Å². The first-order chi connectivity index (χ1) is 9.87. The Morgan fingerprint density at radius 1 is 1.24 bits per heavy atom. The number of halogens is 3. The molecule has 0 saturated carbocycles. The smallest absolute Gasteiger partial charge is 0.382 e. The third kappa shape index (κ3) is 4.28. The average Bonchev–Trinajstić information content (AvgIpc) is 2.81. The van der Waals surface area contributed by atoms with Crippen molar-refractivity contribution in [3.8, 4) is 0 Å². The topological polar surface area (TPSA) is 72.9 Å². The van der Waals surface area contributed by atoms with Gasteiger partial charge in [-0.3, -0.25) is 0 Å². The first-order valence-corrected chi connectivity index (χ1v) is 6.53. The SMILES string of the molecule is CN(CCCn1cnc2c(N)ncnc21)CCC(F)(F)F. The minimum Gasteiger partial charge on any atom is -0.382 e. The molecule has 0 aromatic carbocycles. The Hall–Kier alpha value is -1.90. The van der Waals surface area contributed by atoms with E-state index in [1.807, 2.05) is 4.57 Å². The summed E-state index contributed by atoms with van der Waals surface area (Å²) in [5, 5.41) is 0. The molecular weight excluding hydrogens is 285 g/mol. The molecule has 21 heavy (non-hydrogen) atoms. The van der Waals surface area contributed by atoms with E-state index in [0.29, 0.717) is 36.5 Å². The molecule has 0 atom stereocenters. The van der Waals surface area contributed by atoms with Crippen molar-refractivity contribution in [1.29, 1.82) is 0 Å². The van der Waals surface area contributed by atoms with E-state index < -0.39 is 12.6 Å². The second-order valence-corrected chi connectivity index (χ2v) is 4.89. The van der Waals surface area contributed by atoms with Crippen molar-refractivity contribution in [3.63, 3.8) is 0 Å². The number of hydrogen-bond donors (Lipinski definition) is 1. The minimum atomic E-state index is -4.11. The Bertz CT molecular complexity index is 594. The number of aromatic nitrogens is 4. The highest BCUT2D eigenvalue weighted by Crippen LogP contribution is 2.19. The molecule has 0 amide bonds. The van der Waals surface area contributed by atoms with Crippen LogP contribution in [0.15, 0.2) is 12.7 Å². The van der Waals surface area contributed by atoms with Gasteiger partial charge in [-0.1, -0.05) is 0 Å². The molecule has 2 aromatic rings. The van der Waals surface area contributed by atoms with Crippen molar-refractivity contribution in [2.24, 2.45) is 0 Å².